The van der Waals surface area contributed by atoms with Crippen LogP contribution in [-0.4, -0.2) is 12.6 Å². The summed E-state index contributed by atoms with van der Waals surface area (Å²) in [5.74, 6) is 0. The predicted molar refractivity (Wildman–Crippen MR) is 65.4 cm³/mol. The van der Waals surface area contributed by atoms with Crippen LogP contribution in [0.1, 0.15) is 42.1 Å². The second kappa shape index (κ2) is 6.72. The molecule has 0 bridgehead atoms. The molecular formula is C14H16O2. The highest BCUT2D eigenvalue weighted by Gasteiger charge is 2.00. The average molecular weight is 216 g/mol. The van der Waals surface area contributed by atoms with Crippen LogP contribution in [0.4, 0.5) is 0 Å². The monoisotopic (exact) mass is 216 g/mol. The van der Waals surface area contributed by atoms with Crippen molar-refractivity contribution in [3.05, 3.63) is 41.0 Å². The van der Waals surface area contributed by atoms with Gasteiger partial charge in [0.1, 0.15) is 6.29 Å². The highest BCUT2D eigenvalue weighted by atomic mass is 16.1. The Bertz CT molecular complexity index is 391. The van der Waals surface area contributed by atoms with Crippen LogP contribution in [-0.2, 0) is 4.79 Å². The Morgan fingerprint density at radius 3 is 2.44 bits per heavy atom. The second-order valence-electron chi connectivity index (χ2n) is 3.69. The van der Waals surface area contributed by atoms with E-state index in [0.717, 1.165) is 43.0 Å². The van der Waals surface area contributed by atoms with Gasteiger partial charge in [-0.05, 0) is 30.1 Å². The van der Waals surface area contributed by atoms with Gasteiger partial charge in [-0.3, -0.25) is 9.59 Å². The summed E-state index contributed by atoms with van der Waals surface area (Å²) in [4.78, 5) is 21.7. The minimum absolute atomic E-state index is 0.623. The summed E-state index contributed by atoms with van der Waals surface area (Å²) in [5, 5.41) is 0. The van der Waals surface area contributed by atoms with E-state index in [9.17, 15) is 9.59 Å². The Morgan fingerprint density at radius 1 is 1.19 bits per heavy atom. The van der Waals surface area contributed by atoms with Crippen LogP contribution in [0.25, 0.3) is 6.08 Å². The van der Waals surface area contributed by atoms with Crippen molar-refractivity contribution in [2.75, 3.05) is 0 Å². The summed E-state index contributed by atoms with van der Waals surface area (Å²) < 4.78 is 0. The van der Waals surface area contributed by atoms with Gasteiger partial charge in [0.15, 0.2) is 6.29 Å². The number of carbonyl (C=O) groups is 2. The molecule has 16 heavy (non-hydrogen) atoms. The van der Waals surface area contributed by atoms with E-state index in [1.54, 1.807) is 12.1 Å². The molecule has 0 radical (unpaired) electrons. The number of benzene rings is 1. The van der Waals surface area contributed by atoms with Crippen LogP contribution in [0, 0.1) is 0 Å². The average Bonchev–Trinajstić information content (AvgIpc) is 2.34. The molecule has 0 aromatic heterocycles. The van der Waals surface area contributed by atoms with E-state index in [-0.39, 0.29) is 0 Å². The lowest BCUT2D eigenvalue weighted by Gasteiger charge is -2.01. The maximum atomic E-state index is 10.9. The molecule has 0 N–H and O–H groups in total. The van der Waals surface area contributed by atoms with Gasteiger partial charge in [-0.2, -0.15) is 0 Å². The van der Waals surface area contributed by atoms with Crippen molar-refractivity contribution in [1.82, 2.24) is 0 Å². The molecule has 1 aromatic carbocycles. The lowest BCUT2D eigenvalue weighted by Crippen LogP contribution is -1.89. The molecule has 0 fully saturated rings. The highest BCUT2D eigenvalue weighted by molar-refractivity contribution is 5.87. The first kappa shape index (κ1) is 12.4. The smallest absolute Gasteiger partial charge is 0.150 e. The van der Waals surface area contributed by atoms with E-state index in [4.69, 9.17) is 0 Å². The third kappa shape index (κ3) is 3.46. The zero-order chi connectivity index (χ0) is 11.8. The largest absolute Gasteiger partial charge is 0.298 e. The van der Waals surface area contributed by atoms with E-state index < -0.39 is 0 Å². The topological polar surface area (TPSA) is 34.1 Å². The molecule has 0 heterocycles. The van der Waals surface area contributed by atoms with Gasteiger partial charge in [-0.15, -0.1) is 0 Å². The molecule has 84 valence electrons. The number of unbranched alkanes of at least 4 members (excludes halogenated alkanes) is 1. The van der Waals surface area contributed by atoms with Crippen LogP contribution < -0.4 is 0 Å². The molecule has 0 aliphatic carbocycles. The fourth-order valence-electron chi connectivity index (χ4n) is 1.50. The minimum atomic E-state index is 0.623. The van der Waals surface area contributed by atoms with Crippen molar-refractivity contribution in [2.45, 2.75) is 26.2 Å². The van der Waals surface area contributed by atoms with Crippen molar-refractivity contribution in [3.8, 4) is 0 Å². The maximum Gasteiger partial charge on any atom is 0.150 e. The van der Waals surface area contributed by atoms with Gasteiger partial charge in [0.05, 0.1) is 0 Å². The van der Waals surface area contributed by atoms with Crippen LogP contribution in [0.2, 0.25) is 0 Å². The molecule has 1 rings (SSSR count). The van der Waals surface area contributed by atoms with E-state index in [1.165, 1.54) is 0 Å². The van der Waals surface area contributed by atoms with Crippen LogP contribution in [0.3, 0.4) is 0 Å². The zero-order valence-corrected chi connectivity index (χ0v) is 9.48. The summed E-state index contributed by atoms with van der Waals surface area (Å²) >= 11 is 0. The van der Waals surface area contributed by atoms with Crippen LogP contribution >= 0.6 is 0 Å². The number of carbonyl (C=O) groups excluding carboxylic acids is 2. The van der Waals surface area contributed by atoms with Gasteiger partial charge in [0.25, 0.3) is 0 Å². The molecule has 0 saturated carbocycles. The molecule has 0 atom stereocenters. The molecule has 2 nitrogen and oxygen atoms in total. The lowest BCUT2D eigenvalue weighted by atomic mass is 10.0. The summed E-state index contributed by atoms with van der Waals surface area (Å²) in [5.41, 5.74) is 2.19. The standard InChI is InChI=1S/C14H16O2/c1-2-3-6-12(10-15)9-13-7-4-5-8-14(13)11-16/h4-5,7-11H,2-3,6H2,1H3. The molecule has 1 aromatic rings. The summed E-state index contributed by atoms with van der Waals surface area (Å²) in [6.07, 6.45) is 6.30. The normalized spacial score (nSPS) is 11.2. The number of hydrogen-bond donors (Lipinski definition) is 0. The van der Waals surface area contributed by atoms with Gasteiger partial charge >= 0.3 is 0 Å². The molecular weight excluding hydrogens is 200 g/mol. The van der Waals surface area contributed by atoms with E-state index in [2.05, 4.69) is 6.92 Å². The van der Waals surface area contributed by atoms with Gasteiger partial charge in [0.2, 0.25) is 0 Å². The maximum absolute atomic E-state index is 10.9. The Balaban J connectivity index is 2.93. The summed E-state index contributed by atoms with van der Waals surface area (Å²) in [7, 11) is 0. The van der Waals surface area contributed by atoms with Crippen molar-refractivity contribution < 1.29 is 9.59 Å². The van der Waals surface area contributed by atoms with Gasteiger partial charge < -0.3 is 0 Å². The Morgan fingerprint density at radius 2 is 1.88 bits per heavy atom. The van der Waals surface area contributed by atoms with Crippen molar-refractivity contribution in [2.24, 2.45) is 0 Å². The minimum Gasteiger partial charge on any atom is -0.298 e. The van der Waals surface area contributed by atoms with E-state index in [1.807, 2.05) is 18.2 Å². The fraction of sp³-hybridized carbons (Fsp3) is 0.286. The van der Waals surface area contributed by atoms with Crippen LogP contribution in [0.5, 0.6) is 0 Å². The predicted octanol–water partition coefficient (Wildman–Crippen LogP) is 3.27. The quantitative estimate of drug-likeness (QED) is 0.540. The molecule has 0 unspecified atom stereocenters. The first-order chi connectivity index (χ1) is 7.81. The molecule has 2 heteroatoms. The van der Waals surface area contributed by atoms with Crippen LogP contribution in [0.15, 0.2) is 29.8 Å². The first-order valence-corrected chi connectivity index (χ1v) is 5.51. The SMILES string of the molecule is CCCCC(C=O)=Cc1ccccc1C=O. The molecule has 0 spiro atoms. The van der Waals surface area contributed by atoms with Gasteiger partial charge in [-0.25, -0.2) is 0 Å². The van der Waals surface area contributed by atoms with Crippen molar-refractivity contribution >= 4 is 18.6 Å². The van der Waals surface area contributed by atoms with Crippen molar-refractivity contribution in [1.29, 1.82) is 0 Å². The van der Waals surface area contributed by atoms with Gasteiger partial charge in [-0.1, -0.05) is 37.6 Å². The van der Waals surface area contributed by atoms with E-state index >= 15 is 0 Å². The Kier molecular flexibility index (Phi) is 5.20. The molecule has 0 aliphatic rings. The Hall–Kier alpha value is -1.70. The Labute approximate surface area is 96.0 Å². The third-order valence-corrected chi connectivity index (χ3v) is 2.43. The van der Waals surface area contributed by atoms with E-state index in [0.29, 0.717) is 5.56 Å². The lowest BCUT2D eigenvalue weighted by molar-refractivity contribution is -0.105. The second-order valence-corrected chi connectivity index (χ2v) is 3.69. The third-order valence-electron chi connectivity index (χ3n) is 2.43. The number of aldehydes is 2. The first-order valence-electron chi connectivity index (χ1n) is 5.51. The van der Waals surface area contributed by atoms with Crippen molar-refractivity contribution in [3.63, 3.8) is 0 Å². The zero-order valence-electron chi connectivity index (χ0n) is 9.48. The number of hydrogen-bond acceptors (Lipinski definition) is 2. The molecule has 0 saturated heterocycles. The molecule has 0 aliphatic heterocycles. The molecule has 0 amide bonds. The van der Waals surface area contributed by atoms with Gasteiger partial charge in [0, 0.05) is 5.56 Å². The number of allylic oxidation sites excluding steroid dienone is 1. The fourth-order valence-corrected chi connectivity index (χ4v) is 1.50. The number of rotatable bonds is 6. The summed E-state index contributed by atoms with van der Waals surface area (Å²) in [6, 6.07) is 7.27. The highest BCUT2D eigenvalue weighted by Crippen LogP contribution is 2.14. The summed E-state index contributed by atoms with van der Waals surface area (Å²) in [6.45, 7) is 2.09.